The van der Waals surface area contributed by atoms with Crippen LogP contribution in [0.5, 0.6) is 0 Å². The lowest BCUT2D eigenvalue weighted by Crippen LogP contribution is -2.25. The Bertz CT molecular complexity index is 496. The number of nitrogens with zero attached hydrogens (tertiary/aromatic N) is 2. The highest BCUT2D eigenvalue weighted by Crippen LogP contribution is 2.41. The van der Waals surface area contributed by atoms with Crippen LogP contribution in [-0.4, -0.2) is 15.3 Å². The third kappa shape index (κ3) is 2.24. The summed E-state index contributed by atoms with van der Waals surface area (Å²) in [6.07, 6.45) is 9.33. The molecule has 2 aromatic rings. The van der Waals surface area contributed by atoms with Crippen molar-refractivity contribution in [2.45, 2.75) is 32.2 Å². The van der Waals surface area contributed by atoms with Crippen LogP contribution in [0.2, 0.25) is 0 Å². The Balaban J connectivity index is 1.87. The van der Waals surface area contributed by atoms with Crippen molar-refractivity contribution in [3.63, 3.8) is 0 Å². The Kier molecular flexibility index (Phi) is 3.48. The third-order valence-corrected chi connectivity index (χ3v) is 5.50. The maximum atomic E-state index is 4.59. The minimum Gasteiger partial charge on any atom is -0.330 e. The summed E-state index contributed by atoms with van der Waals surface area (Å²) < 4.78 is 2.31. The molecule has 2 heterocycles. The smallest absolute Gasteiger partial charge is 0.150 e. The van der Waals surface area contributed by atoms with Gasteiger partial charge in [0, 0.05) is 18.9 Å². The van der Waals surface area contributed by atoms with Crippen LogP contribution in [0.1, 0.15) is 25.7 Å². The molecule has 0 saturated heterocycles. The van der Waals surface area contributed by atoms with E-state index in [2.05, 4.69) is 45.9 Å². The Morgan fingerprint density at radius 2 is 2.22 bits per heavy atom. The highest BCUT2D eigenvalue weighted by Gasteiger charge is 2.33. The van der Waals surface area contributed by atoms with Gasteiger partial charge in [0.25, 0.3) is 0 Å². The van der Waals surface area contributed by atoms with Crippen molar-refractivity contribution < 1.29 is 0 Å². The number of aromatic nitrogens is 2. The number of thiol groups is 1. The van der Waals surface area contributed by atoms with Gasteiger partial charge in [-0.25, -0.2) is 4.98 Å². The summed E-state index contributed by atoms with van der Waals surface area (Å²) in [5, 5.41) is 2.11. The quantitative estimate of drug-likeness (QED) is 0.834. The summed E-state index contributed by atoms with van der Waals surface area (Å²) in [6, 6.07) is 4.23. The topological polar surface area (TPSA) is 17.8 Å². The number of hydrogen-bond acceptors (Lipinski definition) is 3. The zero-order valence-electron chi connectivity index (χ0n) is 10.4. The van der Waals surface area contributed by atoms with Crippen LogP contribution in [0, 0.1) is 5.41 Å². The highest BCUT2D eigenvalue weighted by atomic mass is 32.1. The second kappa shape index (κ2) is 5.10. The first-order valence-corrected chi connectivity index (χ1v) is 8.00. The van der Waals surface area contributed by atoms with Crippen LogP contribution >= 0.6 is 24.0 Å². The van der Waals surface area contributed by atoms with Crippen LogP contribution in [0.4, 0.5) is 0 Å². The molecule has 0 amide bonds. The molecule has 1 aliphatic carbocycles. The molecule has 4 heteroatoms. The Morgan fingerprint density at radius 3 is 2.89 bits per heavy atom. The second-order valence-corrected chi connectivity index (χ2v) is 6.49. The fourth-order valence-corrected chi connectivity index (χ4v) is 4.07. The third-order valence-electron chi connectivity index (χ3n) is 3.96. The van der Waals surface area contributed by atoms with Gasteiger partial charge in [-0.3, -0.25) is 0 Å². The molecule has 3 rings (SSSR count). The summed E-state index contributed by atoms with van der Waals surface area (Å²) in [5.74, 6) is 2.09. The van der Waals surface area contributed by atoms with E-state index < -0.39 is 0 Å². The summed E-state index contributed by atoms with van der Waals surface area (Å²) in [5.41, 5.74) is 0.385. The molecule has 0 spiro atoms. The van der Waals surface area contributed by atoms with Crippen molar-refractivity contribution in [2.75, 3.05) is 5.75 Å². The molecule has 0 aromatic carbocycles. The van der Waals surface area contributed by atoms with Crippen molar-refractivity contribution in [1.29, 1.82) is 0 Å². The number of rotatable bonds is 4. The monoisotopic (exact) mass is 278 g/mol. The average molecular weight is 278 g/mol. The maximum Gasteiger partial charge on any atom is 0.150 e. The molecule has 0 unspecified atom stereocenters. The Morgan fingerprint density at radius 1 is 1.39 bits per heavy atom. The first kappa shape index (κ1) is 12.3. The molecule has 0 radical (unpaired) electrons. The molecule has 96 valence electrons. The molecule has 2 nitrogen and oxygen atoms in total. The average Bonchev–Trinajstić information content (AvgIpc) is 3.10. The van der Waals surface area contributed by atoms with Crippen molar-refractivity contribution in [1.82, 2.24) is 9.55 Å². The van der Waals surface area contributed by atoms with Gasteiger partial charge in [0.1, 0.15) is 5.82 Å². The van der Waals surface area contributed by atoms with Crippen LogP contribution in [0.25, 0.3) is 10.7 Å². The number of hydrogen-bond donors (Lipinski definition) is 1. The van der Waals surface area contributed by atoms with E-state index in [1.54, 1.807) is 11.3 Å². The second-order valence-electron chi connectivity index (χ2n) is 5.22. The van der Waals surface area contributed by atoms with Gasteiger partial charge in [0.15, 0.2) is 0 Å². The standard InChI is InChI=1S/C14H18N2S2/c17-11-14(5-1-2-6-14)10-16-8-7-15-13(16)12-4-3-9-18-12/h3-4,7-9,17H,1-2,5-6,10-11H2. The van der Waals surface area contributed by atoms with Crippen LogP contribution in [-0.2, 0) is 6.54 Å². The van der Waals surface area contributed by atoms with Crippen LogP contribution in [0.3, 0.4) is 0 Å². The lowest BCUT2D eigenvalue weighted by molar-refractivity contribution is 0.292. The van der Waals surface area contributed by atoms with Gasteiger partial charge < -0.3 is 4.57 Å². The van der Waals surface area contributed by atoms with E-state index in [4.69, 9.17) is 0 Å². The normalized spacial score (nSPS) is 18.3. The van der Waals surface area contributed by atoms with E-state index in [0.717, 1.165) is 18.1 Å². The maximum absolute atomic E-state index is 4.59. The minimum atomic E-state index is 0.385. The fraction of sp³-hybridized carbons (Fsp3) is 0.500. The van der Waals surface area contributed by atoms with E-state index >= 15 is 0 Å². The van der Waals surface area contributed by atoms with E-state index in [-0.39, 0.29) is 0 Å². The Labute approximate surface area is 117 Å². The number of thiophene rings is 1. The highest BCUT2D eigenvalue weighted by molar-refractivity contribution is 7.80. The zero-order valence-corrected chi connectivity index (χ0v) is 12.1. The van der Waals surface area contributed by atoms with Gasteiger partial charge in [-0.1, -0.05) is 18.9 Å². The van der Waals surface area contributed by atoms with Crippen molar-refractivity contribution >= 4 is 24.0 Å². The largest absolute Gasteiger partial charge is 0.330 e. The lowest BCUT2D eigenvalue weighted by Gasteiger charge is -2.28. The molecule has 2 aromatic heterocycles. The van der Waals surface area contributed by atoms with Gasteiger partial charge in [-0.05, 0) is 35.5 Å². The summed E-state index contributed by atoms with van der Waals surface area (Å²) >= 11 is 6.35. The molecule has 1 saturated carbocycles. The predicted octanol–water partition coefficient (Wildman–Crippen LogP) is 4.10. The molecule has 0 N–H and O–H groups in total. The lowest BCUT2D eigenvalue weighted by atomic mass is 9.88. The van der Waals surface area contributed by atoms with Crippen molar-refractivity contribution in [3.05, 3.63) is 29.9 Å². The zero-order chi connectivity index (χ0) is 12.4. The molecular formula is C14H18N2S2. The molecule has 0 bridgehead atoms. The van der Waals surface area contributed by atoms with Gasteiger partial charge in [-0.2, -0.15) is 12.6 Å². The van der Waals surface area contributed by atoms with Gasteiger partial charge in [0.05, 0.1) is 4.88 Å². The van der Waals surface area contributed by atoms with Gasteiger partial charge in [-0.15, -0.1) is 11.3 Å². The van der Waals surface area contributed by atoms with E-state index in [1.165, 1.54) is 30.6 Å². The molecule has 18 heavy (non-hydrogen) atoms. The first-order chi connectivity index (χ1) is 8.83. The minimum absolute atomic E-state index is 0.385. The summed E-state index contributed by atoms with van der Waals surface area (Å²) in [6.45, 7) is 1.06. The Hall–Kier alpha value is -0.740. The van der Waals surface area contributed by atoms with Gasteiger partial charge >= 0.3 is 0 Å². The van der Waals surface area contributed by atoms with E-state index in [9.17, 15) is 0 Å². The predicted molar refractivity (Wildman–Crippen MR) is 80.3 cm³/mol. The van der Waals surface area contributed by atoms with E-state index in [0.29, 0.717) is 5.41 Å². The van der Waals surface area contributed by atoms with E-state index in [1.807, 2.05) is 6.20 Å². The van der Waals surface area contributed by atoms with Crippen LogP contribution in [0.15, 0.2) is 29.9 Å². The van der Waals surface area contributed by atoms with Crippen LogP contribution < -0.4 is 0 Å². The number of imidazole rings is 1. The first-order valence-electron chi connectivity index (χ1n) is 6.49. The van der Waals surface area contributed by atoms with Gasteiger partial charge in [0.2, 0.25) is 0 Å². The van der Waals surface area contributed by atoms with Crippen molar-refractivity contribution in [3.8, 4) is 10.7 Å². The molecular weight excluding hydrogens is 260 g/mol. The summed E-state index contributed by atoms with van der Waals surface area (Å²) in [4.78, 5) is 5.77. The SMILES string of the molecule is SCC1(Cn2ccnc2-c2cccs2)CCCC1. The fourth-order valence-electron chi connectivity index (χ4n) is 2.92. The van der Waals surface area contributed by atoms with Crippen molar-refractivity contribution in [2.24, 2.45) is 5.41 Å². The molecule has 1 fully saturated rings. The molecule has 1 aliphatic rings. The molecule has 0 atom stereocenters. The summed E-state index contributed by atoms with van der Waals surface area (Å²) in [7, 11) is 0. The molecule has 0 aliphatic heterocycles.